The Hall–Kier alpha value is 0.511. The normalized spacial score (nSPS) is 27.4. The van der Waals surface area contributed by atoms with Gasteiger partial charge in [-0.05, 0) is 12.8 Å². The molecule has 0 amide bonds. The van der Waals surface area contributed by atoms with E-state index in [1.165, 1.54) is 0 Å². The van der Waals surface area contributed by atoms with Gasteiger partial charge in [0.1, 0.15) is 0 Å². The first-order valence-electron chi connectivity index (χ1n) is 4.04. The van der Waals surface area contributed by atoms with Gasteiger partial charge in [-0.2, -0.15) is 0 Å². The summed E-state index contributed by atoms with van der Waals surface area (Å²) in [6.45, 7) is 0. The maximum absolute atomic E-state index is 10.5. The van der Waals surface area contributed by atoms with Crippen molar-refractivity contribution in [2.75, 3.05) is 0 Å². The minimum absolute atomic E-state index is 0. The largest absolute Gasteiger partial charge is 2.00 e. The molecule has 4 nitrogen and oxygen atoms in total. The van der Waals surface area contributed by atoms with Gasteiger partial charge in [-0.3, -0.25) is 0 Å². The molecule has 0 aromatic heterocycles. The third-order valence-electron chi connectivity index (χ3n) is 2.37. The average molecular weight is 307 g/mol. The van der Waals surface area contributed by atoms with Crippen LogP contribution in [-0.2, 0) is 9.59 Å². The molecule has 0 saturated heterocycles. The number of carboxylic acid groups (broad SMARTS) is 2. The fraction of sp³-hybridized carbons (Fsp3) is 0.750. The fourth-order valence-electron chi connectivity index (χ4n) is 1.70. The standard InChI is InChI=1S/C8H12O4.Ba/c9-7(10)5-3-1-2-4-6(5)8(11)12;/h5-6H,1-4H2,(H,9,10)(H,11,12);/q;+2/p-2. The third kappa shape index (κ3) is 3.63. The molecule has 0 bridgehead atoms. The SMILES string of the molecule is O=C([O-])C1CCCCC1C(=O)[O-].[Ba+2]. The van der Waals surface area contributed by atoms with Crippen molar-refractivity contribution in [2.24, 2.45) is 11.8 Å². The Morgan fingerprint density at radius 2 is 1.23 bits per heavy atom. The van der Waals surface area contributed by atoms with Crippen molar-refractivity contribution in [1.82, 2.24) is 0 Å². The quantitative estimate of drug-likeness (QED) is 0.548. The van der Waals surface area contributed by atoms with Gasteiger partial charge < -0.3 is 19.8 Å². The van der Waals surface area contributed by atoms with Crippen LogP contribution in [0.5, 0.6) is 0 Å². The molecular formula is C8H10BaO4. The maximum atomic E-state index is 10.5. The number of carbonyl (C=O) groups is 2. The van der Waals surface area contributed by atoms with E-state index in [9.17, 15) is 19.8 Å². The van der Waals surface area contributed by atoms with E-state index in [2.05, 4.69) is 0 Å². The molecule has 0 aromatic rings. The molecular weight excluding hydrogens is 297 g/mol. The van der Waals surface area contributed by atoms with E-state index < -0.39 is 23.8 Å². The topological polar surface area (TPSA) is 80.3 Å². The van der Waals surface area contributed by atoms with Gasteiger partial charge in [-0.1, -0.05) is 12.8 Å². The Morgan fingerprint density at radius 3 is 1.46 bits per heavy atom. The monoisotopic (exact) mass is 308 g/mol. The third-order valence-corrected chi connectivity index (χ3v) is 2.37. The zero-order valence-corrected chi connectivity index (χ0v) is 11.8. The minimum atomic E-state index is -1.26. The Bertz CT molecular complexity index is 182. The molecule has 0 aromatic carbocycles. The van der Waals surface area contributed by atoms with Gasteiger partial charge in [0.2, 0.25) is 0 Å². The fourth-order valence-corrected chi connectivity index (χ4v) is 1.70. The van der Waals surface area contributed by atoms with Crippen LogP contribution in [0, 0.1) is 11.8 Å². The van der Waals surface area contributed by atoms with E-state index in [1.54, 1.807) is 0 Å². The van der Waals surface area contributed by atoms with Crippen molar-refractivity contribution in [1.29, 1.82) is 0 Å². The first-order chi connectivity index (χ1) is 5.63. The van der Waals surface area contributed by atoms with Crippen molar-refractivity contribution in [2.45, 2.75) is 25.7 Å². The summed E-state index contributed by atoms with van der Waals surface area (Å²) < 4.78 is 0. The van der Waals surface area contributed by atoms with E-state index in [4.69, 9.17) is 0 Å². The van der Waals surface area contributed by atoms with Crippen LogP contribution in [0.15, 0.2) is 0 Å². The van der Waals surface area contributed by atoms with Crippen LogP contribution in [-0.4, -0.2) is 60.8 Å². The van der Waals surface area contributed by atoms with Gasteiger partial charge >= 0.3 is 48.9 Å². The second-order valence-corrected chi connectivity index (χ2v) is 3.14. The van der Waals surface area contributed by atoms with Crippen LogP contribution in [0.4, 0.5) is 0 Å². The van der Waals surface area contributed by atoms with Crippen LogP contribution in [0.3, 0.4) is 0 Å². The molecule has 68 valence electrons. The van der Waals surface area contributed by atoms with E-state index in [1.807, 2.05) is 0 Å². The number of hydrogen-bond acceptors (Lipinski definition) is 4. The summed E-state index contributed by atoms with van der Waals surface area (Å²) in [5.41, 5.74) is 0. The summed E-state index contributed by atoms with van der Waals surface area (Å²) in [5.74, 6) is -4.21. The Morgan fingerprint density at radius 1 is 0.923 bits per heavy atom. The van der Waals surface area contributed by atoms with Crippen molar-refractivity contribution < 1.29 is 19.8 Å². The molecule has 1 saturated carbocycles. The van der Waals surface area contributed by atoms with E-state index in [0.717, 1.165) is 12.8 Å². The van der Waals surface area contributed by atoms with Crippen LogP contribution < -0.4 is 10.2 Å². The maximum Gasteiger partial charge on any atom is 2.00 e. The predicted molar refractivity (Wildman–Crippen MR) is 41.2 cm³/mol. The first kappa shape index (κ1) is 13.5. The van der Waals surface area contributed by atoms with Crippen LogP contribution in [0.1, 0.15) is 25.7 Å². The summed E-state index contributed by atoms with van der Waals surface area (Å²) >= 11 is 0. The van der Waals surface area contributed by atoms with Crippen LogP contribution in [0.25, 0.3) is 0 Å². The molecule has 13 heavy (non-hydrogen) atoms. The predicted octanol–water partition coefficient (Wildman–Crippen LogP) is -2.09. The van der Waals surface area contributed by atoms with E-state index in [0.29, 0.717) is 12.8 Å². The Kier molecular flexibility index (Phi) is 6.32. The van der Waals surface area contributed by atoms with Gasteiger partial charge in [0.05, 0.1) is 0 Å². The molecule has 0 heterocycles. The van der Waals surface area contributed by atoms with E-state index in [-0.39, 0.29) is 48.9 Å². The summed E-state index contributed by atoms with van der Waals surface area (Å²) in [4.78, 5) is 20.9. The minimum Gasteiger partial charge on any atom is -0.550 e. The molecule has 1 aliphatic rings. The Balaban J connectivity index is 0.00000144. The summed E-state index contributed by atoms with van der Waals surface area (Å²) in [5, 5.41) is 20.9. The van der Waals surface area contributed by atoms with Gasteiger partial charge in [0, 0.05) is 23.8 Å². The Labute approximate surface area is 117 Å². The van der Waals surface area contributed by atoms with Gasteiger partial charge in [-0.25, -0.2) is 0 Å². The molecule has 2 atom stereocenters. The van der Waals surface area contributed by atoms with Crippen LogP contribution in [0.2, 0.25) is 0 Å². The summed E-state index contributed by atoms with van der Waals surface area (Å²) in [6, 6.07) is 0. The number of carboxylic acids is 2. The van der Waals surface area contributed by atoms with Crippen molar-refractivity contribution >= 4 is 60.8 Å². The summed E-state index contributed by atoms with van der Waals surface area (Å²) in [6.07, 6.45) is 2.34. The average Bonchev–Trinajstić information content (AvgIpc) is 2.04. The smallest absolute Gasteiger partial charge is 0.550 e. The number of rotatable bonds is 2. The van der Waals surface area contributed by atoms with Crippen LogP contribution >= 0.6 is 0 Å². The molecule has 1 rings (SSSR count). The van der Waals surface area contributed by atoms with E-state index >= 15 is 0 Å². The van der Waals surface area contributed by atoms with Crippen molar-refractivity contribution in [3.63, 3.8) is 0 Å². The van der Waals surface area contributed by atoms with Gasteiger partial charge in [0.25, 0.3) is 0 Å². The molecule has 0 aliphatic heterocycles. The number of aliphatic carboxylic acids is 2. The molecule has 0 radical (unpaired) electrons. The second-order valence-electron chi connectivity index (χ2n) is 3.14. The summed E-state index contributed by atoms with van der Waals surface area (Å²) in [7, 11) is 0. The molecule has 5 heteroatoms. The molecule has 0 spiro atoms. The molecule has 1 aliphatic carbocycles. The zero-order valence-electron chi connectivity index (χ0n) is 7.32. The number of carbonyl (C=O) groups excluding carboxylic acids is 2. The molecule has 0 N–H and O–H groups in total. The zero-order chi connectivity index (χ0) is 9.14. The molecule has 1 fully saturated rings. The second kappa shape index (κ2) is 6.08. The molecule has 2 unspecified atom stereocenters. The first-order valence-corrected chi connectivity index (χ1v) is 4.04. The van der Waals surface area contributed by atoms with Gasteiger partial charge in [-0.15, -0.1) is 0 Å². The number of hydrogen-bond donors (Lipinski definition) is 0. The van der Waals surface area contributed by atoms with Crippen molar-refractivity contribution in [3.05, 3.63) is 0 Å². The van der Waals surface area contributed by atoms with Gasteiger partial charge in [0.15, 0.2) is 0 Å². The van der Waals surface area contributed by atoms with Crippen molar-refractivity contribution in [3.8, 4) is 0 Å².